The van der Waals surface area contributed by atoms with Gasteiger partial charge in [0.15, 0.2) is 0 Å². The van der Waals surface area contributed by atoms with Crippen molar-refractivity contribution >= 4 is 17.7 Å². The van der Waals surface area contributed by atoms with E-state index in [1.54, 1.807) is 0 Å². The second-order valence-corrected chi connectivity index (χ2v) is 13.5. The van der Waals surface area contributed by atoms with E-state index in [4.69, 9.17) is 9.47 Å². The molecule has 3 saturated carbocycles. The summed E-state index contributed by atoms with van der Waals surface area (Å²) in [6, 6.07) is 0. The summed E-state index contributed by atoms with van der Waals surface area (Å²) < 4.78 is 11.7. The number of fused-ring (bicyclic) bond motifs is 5. The topological polar surface area (TPSA) is 69.7 Å². The van der Waals surface area contributed by atoms with Gasteiger partial charge in [0.2, 0.25) is 0 Å². The van der Waals surface area contributed by atoms with Crippen molar-refractivity contribution in [1.82, 2.24) is 0 Å². The first-order chi connectivity index (χ1) is 16.9. The fourth-order valence-corrected chi connectivity index (χ4v) is 9.43. The zero-order valence-electron chi connectivity index (χ0n) is 23.5. The van der Waals surface area contributed by atoms with Crippen molar-refractivity contribution in [3.05, 3.63) is 12.2 Å². The lowest BCUT2D eigenvalue weighted by molar-refractivity contribution is -0.176. The highest BCUT2D eigenvalue weighted by Gasteiger charge is 2.62. The highest BCUT2D eigenvalue weighted by Crippen LogP contribution is 2.67. The maximum Gasteiger partial charge on any atom is 0.303 e. The Labute approximate surface area is 218 Å². The number of hydrogen-bond acceptors (Lipinski definition) is 5. The van der Waals surface area contributed by atoms with Crippen LogP contribution in [0.3, 0.4) is 0 Å². The molecule has 10 atom stereocenters. The van der Waals surface area contributed by atoms with E-state index in [-0.39, 0.29) is 34.6 Å². The van der Waals surface area contributed by atoms with Gasteiger partial charge in [-0.2, -0.15) is 0 Å². The molecule has 0 heterocycles. The molecule has 7 unspecified atom stereocenters. The molecule has 202 valence electrons. The first kappa shape index (κ1) is 27.4. The van der Waals surface area contributed by atoms with Crippen molar-refractivity contribution in [2.45, 2.75) is 112 Å². The molecular formula is C31H48O5. The number of carbonyl (C=O) groups excluding carboxylic acids is 3. The van der Waals surface area contributed by atoms with Gasteiger partial charge in [0.25, 0.3) is 0 Å². The molecule has 4 aliphatic carbocycles. The van der Waals surface area contributed by atoms with Crippen LogP contribution in [0.2, 0.25) is 0 Å². The molecule has 0 aromatic rings. The van der Waals surface area contributed by atoms with Crippen molar-refractivity contribution in [2.24, 2.45) is 52.3 Å². The van der Waals surface area contributed by atoms with Crippen LogP contribution in [0.1, 0.15) is 99.8 Å². The molecule has 0 N–H and O–H groups in total. The van der Waals surface area contributed by atoms with Crippen LogP contribution in [-0.4, -0.2) is 29.9 Å². The second-order valence-electron chi connectivity index (χ2n) is 13.5. The number of ketones is 1. The van der Waals surface area contributed by atoms with Gasteiger partial charge in [-0.1, -0.05) is 46.8 Å². The molecule has 0 aromatic heterocycles. The molecule has 4 aliphatic rings. The summed E-state index contributed by atoms with van der Waals surface area (Å²) in [5, 5.41) is 0. The maximum atomic E-state index is 13.4. The van der Waals surface area contributed by atoms with Gasteiger partial charge >= 0.3 is 11.9 Å². The minimum Gasteiger partial charge on any atom is -0.459 e. The van der Waals surface area contributed by atoms with Crippen LogP contribution in [0.25, 0.3) is 0 Å². The van der Waals surface area contributed by atoms with E-state index < -0.39 is 12.2 Å². The summed E-state index contributed by atoms with van der Waals surface area (Å²) in [6.45, 7) is 14.1. The van der Waals surface area contributed by atoms with Gasteiger partial charge in [-0.05, 0) is 85.4 Å². The molecule has 0 aromatic carbocycles. The third-order valence-electron chi connectivity index (χ3n) is 10.9. The predicted molar refractivity (Wildman–Crippen MR) is 140 cm³/mol. The third kappa shape index (κ3) is 4.80. The number of esters is 2. The van der Waals surface area contributed by atoms with Crippen molar-refractivity contribution in [3.63, 3.8) is 0 Å². The fourth-order valence-electron chi connectivity index (χ4n) is 9.43. The van der Waals surface area contributed by atoms with E-state index in [0.717, 1.165) is 38.5 Å². The van der Waals surface area contributed by atoms with E-state index in [9.17, 15) is 14.4 Å². The van der Waals surface area contributed by atoms with Crippen LogP contribution in [0, 0.1) is 52.3 Å². The summed E-state index contributed by atoms with van der Waals surface area (Å²) in [7, 11) is 0. The maximum absolute atomic E-state index is 13.4. The minimum absolute atomic E-state index is 0.0730. The highest BCUT2D eigenvalue weighted by atomic mass is 16.6. The first-order valence-corrected chi connectivity index (χ1v) is 14.4. The molecule has 4 rings (SSSR count). The van der Waals surface area contributed by atoms with E-state index in [1.165, 1.54) is 20.3 Å². The van der Waals surface area contributed by atoms with Crippen molar-refractivity contribution in [3.8, 4) is 0 Å². The Hall–Kier alpha value is -1.65. The van der Waals surface area contributed by atoms with Gasteiger partial charge < -0.3 is 9.47 Å². The zero-order chi connectivity index (χ0) is 26.4. The largest absolute Gasteiger partial charge is 0.459 e. The Morgan fingerprint density at radius 2 is 1.64 bits per heavy atom. The lowest BCUT2D eigenvalue weighted by Gasteiger charge is -2.59. The monoisotopic (exact) mass is 500 g/mol. The summed E-state index contributed by atoms with van der Waals surface area (Å²) in [4.78, 5) is 37.6. The predicted octanol–water partition coefficient (Wildman–Crippen LogP) is 6.54. The highest BCUT2D eigenvalue weighted by molar-refractivity contribution is 5.83. The van der Waals surface area contributed by atoms with Gasteiger partial charge in [0.1, 0.15) is 18.0 Å². The number of Topliss-reactive ketones (excluding diaryl/α,β-unsaturated/α-hetero) is 1. The quantitative estimate of drug-likeness (QED) is 0.293. The number of ether oxygens (including phenoxy) is 2. The van der Waals surface area contributed by atoms with Crippen LogP contribution in [0.5, 0.6) is 0 Å². The molecule has 36 heavy (non-hydrogen) atoms. The van der Waals surface area contributed by atoms with E-state index in [2.05, 4.69) is 46.8 Å². The average Bonchev–Trinajstić information content (AvgIpc) is 3.13. The summed E-state index contributed by atoms with van der Waals surface area (Å²) >= 11 is 0. The number of rotatable bonds is 7. The Bertz CT molecular complexity index is 891. The van der Waals surface area contributed by atoms with Crippen LogP contribution < -0.4 is 0 Å². The van der Waals surface area contributed by atoms with Crippen LogP contribution in [0.15, 0.2) is 12.2 Å². The smallest absolute Gasteiger partial charge is 0.303 e. The molecule has 0 aliphatic heterocycles. The fraction of sp³-hybridized carbons (Fsp3) is 0.839. The second kappa shape index (κ2) is 10.3. The van der Waals surface area contributed by atoms with Crippen LogP contribution in [-0.2, 0) is 23.9 Å². The van der Waals surface area contributed by atoms with E-state index >= 15 is 0 Å². The summed E-state index contributed by atoms with van der Waals surface area (Å²) in [5.41, 5.74) is 0.198. The standard InChI is InChI=1S/C31H48O5/c1-18(2)16-28(35-20(4)32)29(36-21(5)33)19(3)23-11-12-24-22-17-27(34)26-10-8-9-14-30(26,6)25(22)13-15-31(23,24)7/h8-9,18-19,22-26,28-29H,10-17H2,1-7H3/t19-,22?,23?,24?,25?,26?,28+,29+,30?,31?/m0/s1. The third-order valence-corrected chi connectivity index (χ3v) is 10.9. The molecule has 0 saturated heterocycles. The van der Waals surface area contributed by atoms with Gasteiger partial charge in [0.05, 0.1) is 0 Å². The Morgan fingerprint density at radius 1 is 0.972 bits per heavy atom. The molecule has 5 heteroatoms. The number of hydrogen-bond donors (Lipinski definition) is 0. The first-order valence-electron chi connectivity index (χ1n) is 14.4. The van der Waals surface area contributed by atoms with Gasteiger partial charge in [-0.3, -0.25) is 14.4 Å². The zero-order valence-corrected chi connectivity index (χ0v) is 23.5. The van der Waals surface area contributed by atoms with Gasteiger partial charge in [-0.25, -0.2) is 0 Å². The molecule has 3 fully saturated rings. The summed E-state index contributed by atoms with van der Waals surface area (Å²) in [5.74, 6) is 2.36. The molecule has 5 nitrogen and oxygen atoms in total. The normalized spacial score (nSPS) is 40.0. The van der Waals surface area contributed by atoms with Crippen LogP contribution in [0.4, 0.5) is 0 Å². The molecule has 0 amide bonds. The Balaban J connectivity index is 1.61. The SMILES string of the molecule is CC(=O)O[C@@H]([C@@H](CC(C)C)OC(C)=O)[C@@H](C)C1CCC2C3CC(=O)C4CC=CCC4(C)C3CCC21C. The van der Waals surface area contributed by atoms with Gasteiger partial charge in [-0.15, -0.1) is 0 Å². The molecule has 0 bridgehead atoms. The van der Waals surface area contributed by atoms with Gasteiger partial charge in [0, 0.05) is 32.1 Å². The number of allylic oxidation sites excluding steroid dienone is 2. The lowest BCUT2D eigenvalue weighted by Crippen LogP contribution is -2.56. The van der Waals surface area contributed by atoms with Crippen molar-refractivity contribution in [1.29, 1.82) is 0 Å². The number of carbonyl (C=O) groups is 3. The molecular weight excluding hydrogens is 452 g/mol. The molecule has 0 radical (unpaired) electrons. The minimum atomic E-state index is -0.453. The summed E-state index contributed by atoms with van der Waals surface area (Å²) in [6.07, 6.45) is 11.5. The van der Waals surface area contributed by atoms with Crippen molar-refractivity contribution < 1.29 is 23.9 Å². The average molecular weight is 501 g/mol. The molecule has 0 spiro atoms. The lowest BCUT2D eigenvalue weighted by atomic mass is 9.45. The van der Waals surface area contributed by atoms with E-state index in [0.29, 0.717) is 41.8 Å². The Kier molecular flexibility index (Phi) is 7.80. The van der Waals surface area contributed by atoms with E-state index in [1.807, 2.05) is 0 Å². The Morgan fingerprint density at radius 3 is 2.28 bits per heavy atom. The van der Waals surface area contributed by atoms with Crippen molar-refractivity contribution in [2.75, 3.05) is 0 Å². The van der Waals surface area contributed by atoms with Crippen LogP contribution >= 0.6 is 0 Å².